The van der Waals surface area contributed by atoms with Gasteiger partial charge in [0.25, 0.3) is 0 Å². The van der Waals surface area contributed by atoms with Crippen LogP contribution in [0.25, 0.3) is 6.08 Å². The van der Waals surface area contributed by atoms with Crippen LogP contribution in [0.1, 0.15) is 37.0 Å². The first-order chi connectivity index (χ1) is 9.38. The predicted octanol–water partition coefficient (Wildman–Crippen LogP) is 2.84. The number of aliphatic hydroxyl groups excluding tert-OH is 1. The lowest BCUT2D eigenvalue weighted by Gasteiger charge is -2.13. The van der Waals surface area contributed by atoms with Crippen molar-refractivity contribution in [3.8, 4) is 0 Å². The summed E-state index contributed by atoms with van der Waals surface area (Å²) in [6.07, 6.45) is 3.77. The first-order valence-corrected chi connectivity index (χ1v) is 7.09. The molecule has 2 N–H and O–H groups in total. The molecule has 0 saturated heterocycles. The molecule has 0 spiro atoms. The van der Waals surface area contributed by atoms with Crippen LogP contribution >= 0.6 is 0 Å². The van der Waals surface area contributed by atoms with E-state index in [1.54, 1.807) is 13.0 Å². The van der Waals surface area contributed by atoms with E-state index < -0.39 is 0 Å². The average Bonchev–Trinajstić information content (AvgIpc) is 2.34. The van der Waals surface area contributed by atoms with Gasteiger partial charge in [0.2, 0.25) is 5.91 Å². The highest BCUT2D eigenvalue weighted by Crippen LogP contribution is 2.12. The van der Waals surface area contributed by atoms with Crippen molar-refractivity contribution >= 4 is 12.0 Å². The lowest BCUT2D eigenvalue weighted by molar-refractivity contribution is -0.116. The molecule has 1 aromatic carbocycles. The number of carbonyl (C=O) groups excluding carboxylic acids is 1. The van der Waals surface area contributed by atoms with Crippen LogP contribution in [0.5, 0.6) is 0 Å². The van der Waals surface area contributed by atoms with Crippen LogP contribution in [0.3, 0.4) is 0 Å². The van der Waals surface area contributed by atoms with E-state index in [2.05, 4.69) is 18.3 Å². The number of rotatable bonds is 6. The second-order valence-corrected chi connectivity index (χ2v) is 5.63. The quantitative estimate of drug-likeness (QED) is 0.784. The second-order valence-electron chi connectivity index (χ2n) is 5.63. The van der Waals surface area contributed by atoms with E-state index in [1.807, 2.05) is 32.1 Å². The number of aliphatic hydroxyl groups is 1. The Morgan fingerprint density at radius 3 is 2.65 bits per heavy atom. The normalized spacial score (nSPS) is 14.2. The second kappa shape index (κ2) is 7.85. The van der Waals surface area contributed by atoms with Gasteiger partial charge < -0.3 is 10.4 Å². The van der Waals surface area contributed by atoms with Crippen molar-refractivity contribution in [2.24, 2.45) is 5.92 Å². The first-order valence-electron chi connectivity index (χ1n) is 7.09. The topological polar surface area (TPSA) is 49.3 Å². The zero-order valence-electron chi connectivity index (χ0n) is 12.8. The molecule has 1 aromatic rings. The van der Waals surface area contributed by atoms with Gasteiger partial charge >= 0.3 is 0 Å². The van der Waals surface area contributed by atoms with Gasteiger partial charge in [-0.1, -0.05) is 30.7 Å². The number of benzene rings is 1. The Morgan fingerprint density at radius 2 is 2.05 bits per heavy atom. The van der Waals surface area contributed by atoms with E-state index in [1.165, 1.54) is 5.56 Å². The molecule has 1 amide bonds. The van der Waals surface area contributed by atoms with Crippen LogP contribution in [0.15, 0.2) is 24.3 Å². The molecular weight excluding hydrogens is 250 g/mol. The summed E-state index contributed by atoms with van der Waals surface area (Å²) in [5.41, 5.74) is 3.44. The van der Waals surface area contributed by atoms with Crippen LogP contribution in [-0.2, 0) is 4.79 Å². The van der Waals surface area contributed by atoms with Gasteiger partial charge in [-0.05, 0) is 50.3 Å². The van der Waals surface area contributed by atoms with Crippen molar-refractivity contribution in [2.45, 2.75) is 40.2 Å². The molecule has 2 unspecified atom stereocenters. The third-order valence-corrected chi connectivity index (χ3v) is 3.21. The summed E-state index contributed by atoms with van der Waals surface area (Å²) >= 11 is 0. The van der Waals surface area contributed by atoms with Crippen molar-refractivity contribution < 1.29 is 9.90 Å². The molecule has 1 rings (SSSR count). The van der Waals surface area contributed by atoms with E-state index in [4.69, 9.17) is 0 Å². The van der Waals surface area contributed by atoms with Crippen molar-refractivity contribution in [3.05, 3.63) is 41.0 Å². The van der Waals surface area contributed by atoms with E-state index in [0.29, 0.717) is 13.0 Å². The highest BCUT2D eigenvalue weighted by Gasteiger charge is 2.06. The summed E-state index contributed by atoms with van der Waals surface area (Å²) in [6.45, 7) is 8.45. The monoisotopic (exact) mass is 275 g/mol. The molecule has 3 nitrogen and oxygen atoms in total. The van der Waals surface area contributed by atoms with Crippen LogP contribution < -0.4 is 5.32 Å². The Morgan fingerprint density at radius 1 is 1.35 bits per heavy atom. The third kappa shape index (κ3) is 6.02. The van der Waals surface area contributed by atoms with Gasteiger partial charge in [0.05, 0.1) is 6.10 Å². The van der Waals surface area contributed by atoms with Gasteiger partial charge in [-0.15, -0.1) is 0 Å². The lowest BCUT2D eigenvalue weighted by Crippen LogP contribution is -2.27. The van der Waals surface area contributed by atoms with Crippen LogP contribution in [0.2, 0.25) is 0 Å². The standard InChI is InChI=1S/C17H25NO2/c1-12-5-6-16(14(3)9-12)7-8-17(20)18-11-13(2)10-15(4)19/h5-9,13,15,19H,10-11H2,1-4H3,(H,18,20). The number of nitrogens with one attached hydrogen (secondary N) is 1. The summed E-state index contributed by atoms with van der Waals surface area (Å²) in [4.78, 5) is 11.7. The summed E-state index contributed by atoms with van der Waals surface area (Å²) < 4.78 is 0. The molecule has 0 aliphatic rings. The molecule has 0 aliphatic heterocycles. The smallest absolute Gasteiger partial charge is 0.244 e. The van der Waals surface area contributed by atoms with Gasteiger partial charge in [0.1, 0.15) is 0 Å². The molecule has 2 atom stereocenters. The molecule has 0 fully saturated rings. The van der Waals surface area contributed by atoms with Gasteiger partial charge in [0, 0.05) is 12.6 Å². The molecule has 0 bridgehead atoms. The van der Waals surface area contributed by atoms with Crippen LogP contribution in [0, 0.1) is 19.8 Å². The molecular formula is C17H25NO2. The minimum atomic E-state index is -0.326. The molecule has 3 heteroatoms. The molecule has 0 radical (unpaired) electrons. The minimum absolute atomic E-state index is 0.0950. The zero-order valence-corrected chi connectivity index (χ0v) is 12.8. The lowest BCUT2D eigenvalue weighted by atomic mass is 10.0. The molecule has 0 heterocycles. The largest absolute Gasteiger partial charge is 0.393 e. The number of amides is 1. The molecule has 20 heavy (non-hydrogen) atoms. The van der Waals surface area contributed by atoms with Gasteiger partial charge in [-0.25, -0.2) is 0 Å². The number of aryl methyl sites for hydroxylation is 2. The highest BCUT2D eigenvalue weighted by molar-refractivity contribution is 5.91. The maximum Gasteiger partial charge on any atom is 0.244 e. The van der Waals surface area contributed by atoms with E-state index in [0.717, 1.165) is 11.1 Å². The van der Waals surface area contributed by atoms with E-state index in [-0.39, 0.29) is 17.9 Å². The Kier molecular flexibility index (Phi) is 6.46. The van der Waals surface area contributed by atoms with Crippen LogP contribution in [-0.4, -0.2) is 23.7 Å². The van der Waals surface area contributed by atoms with Crippen LogP contribution in [0.4, 0.5) is 0 Å². The maximum atomic E-state index is 11.7. The molecule has 0 aromatic heterocycles. The summed E-state index contributed by atoms with van der Waals surface area (Å²) in [7, 11) is 0. The third-order valence-electron chi connectivity index (χ3n) is 3.21. The number of carbonyl (C=O) groups is 1. The Labute approximate surface area is 121 Å². The fraction of sp³-hybridized carbons (Fsp3) is 0.471. The van der Waals surface area contributed by atoms with Gasteiger partial charge in [0.15, 0.2) is 0 Å². The molecule has 0 saturated carbocycles. The number of hydrogen-bond acceptors (Lipinski definition) is 2. The molecule has 0 aliphatic carbocycles. The minimum Gasteiger partial charge on any atom is -0.393 e. The van der Waals surface area contributed by atoms with Gasteiger partial charge in [-0.3, -0.25) is 4.79 Å². The van der Waals surface area contributed by atoms with Crippen molar-refractivity contribution in [3.63, 3.8) is 0 Å². The van der Waals surface area contributed by atoms with Gasteiger partial charge in [-0.2, -0.15) is 0 Å². The summed E-state index contributed by atoms with van der Waals surface area (Å²) in [5, 5.41) is 12.1. The SMILES string of the molecule is Cc1ccc(C=CC(=O)NCC(C)CC(C)O)c(C)c1. The fourth-order valence-electron chi connectivity index (χ4n) is 2.18. The maximum absolute atomic E-state index is 11.7. The highest BCUT2D eigenvalue weighted by atomic mass is 16.3. The van der Waals surface area contributed by atoms with Crippen molar-refractivity contribution in [2.75, 3.05) is 6.54 Å². The van der Waals surface area contributed by atoms with E-state index >= 15 is 0 Å². The Balaban J connectivity index is 2.47. The number of hydrogen-bond donors (Lipinski definition) is 2. The Hall–Kier alpha value is -1.61. The van der Waals surface area contributed by atoms with Crippen molar-refractivity contribution in [1.29, 1.82) is 0 Å². The Bertz CT molecular complexity index is 478. The summed E-state index contributed by atoms with van der Waals surface area (Å²) in [6, 6.07) is 6.15. The molecule has 110 valence electrons. The zero-order chi connectivity index (χ0) is 15.1. The van der Waals surface area contributed by atoms with Crippen molar-refractivity contribution in [1.82, 2.24) is 5.32 Å². The van der Waals surface area contributed by atoms with E-state index in [9.17, 15) is 9.90 Å². The fourth-order valence-corrected chi connectivity index (χ4v) is 2.18. The summed E-state index contributed by atoms with van der Waals surface area (Å²) in [5.74, 6) is 0.177. The first kappa shape index (κ1) is 16.4. The average molecular weight is 275 g/mol. The predicted molar refractivity (Wildman–Crippen MR) is 83.4 cm³/mol.